The van der Waals surface area contributed by atoms with Crippen LogP contribution in [0.1, 0.15) is 24.5 Å². The second kappa shape index (κ2) is 3.87. The van der Waals surface area contributed by atoms with Crippen molar-refractivity contribution in [2.24, 2.45) is 0 Å². The average molecular weight is 231 g/mol. The molecule has 3 rings (SSSR count). The van der Waals surface area contributed by atoms with E-state index in [1.165, 1.54) is 18.5 Å². The van der Waals surface area contributed by atoms with Gasteiger partial charge in [-0.25, -0.2) is 9.97 Å². The van der Waals surface area contributed by atoms with Gasteiger partial charge in [-0.1, -0.05) is 6.07 Å². The summed E-state index contributed by atoms with van der Waals surface area (Å²) in [7, 11) is 1.90. The van der Waals surface area contributed by atoms with Crippen molar-refractivity contribution in [3.63, 3.8) is 0 Å². The smallest absolute Gasteiger partial charge is 0.171 e. The molecule has 0 aromatic carbocycles. The fraction of sp³-hybridized carbons (Fsp3) is 0.333. The molecule has 1 fully saturated rings. The Morgan fingerprint density at radius 1 is 1.38 bits per heavy atom. The molecule has 1 saturated carbocycles. The minimum Gasteiger partial charge on any atom is -0.373 e. The Morgan fingerprint density at radius 3 is 2.88 bits per heavy atom. The highest BCUT2D eigenvalue weighted by molar-refractivity contribution is 7.13. The van der Waals surface area contributed by atoms with E-state index in [1.807, 2.05) is 13.1 Å². The lowest BCUT2D eigenvalue weighted by Gasteiger charge is -2.05. The van der Waals surface area contributed by atoms with Crippen molar-refractivity contribution < 1.29 is 0 Å². The molecule has 0 amide bonds. The van der Waals surface area contributed by atoms with Gasteiger partial charge in [-0.05, 0) is 24.3 Å². The van der Waals surface area contributed by atoms with Crippen molar-refractivity contribution in [2.45, 2.75) is 18.8 Å². The number of thiophene rings is 1. The van der Waals surface area contributed by atoms with Crippen molar-refractivity contribution in [1.82, 2.24) is 9.97 Å². The number of anilines is 1. The monoisotopic (exact) mass is 231 g/mol. The van der Waals surface area contributed by atoms with Crippen LogP contribution in [0.3, 0.4) is 0 Å². The van der Waals surface area contributed by atoms with Crippen LogP contribution in [0.15, 0.2) is 23.6 Å². The van der Waals surface area contributed by atoms with E-state index < -0.39 is 0 Å². The van der Waals surface area contributed by atoms with Gasteiger partial charge in [0.2, 0.25) is 0 Å². The van der Waals surface area contributed by atoms with E-state index in [-0.39, 0.29) is 0 Å². The SMILES string of the molecule is CNc1cc(C2CC2)nc(-c2cccs2)n1. The molecule has 0 radical (unpaired) electrons. The van der Waals surface area contributed by atoms with Gasteiger partial charge in [-0.2, -0.15) is 0 Å². The molecule has 1 aliphatic carbocycles. The molecule has 0 bridgehead atoms. The predicted octanol–water partition coefficient (Wildman–Crippen LogP) is 3.12. The molecule has 4 heteroatoms. The molecule has 0 unspecified atom stereocenters. The highest BCUT2D eigenvalue weighted by Crippen LogP contribution is 2.40. The van der Waals surface area contributed by atoms with Gasteiger partial charge < -0.3 is 5.32 Å². The van der Waals surface area contributed by atoms with Crippen LogP contribution < -0.4 is 5.32 Å². The number of hydrogen-bond acceptors (Lipinski definition) is 4. The van der Waals surface area contributed by atoms with E-state index in [1.54, 1.807) is 11.3 Å². The molecule has 0 spiro atoms. The van der Waals surface area contributed by atoms with E-state index in [9.17, 15) is 0 Å². The first-order valence-corrected chi connectivity index (χ1v) is 6.35. The van der Waals surface area contributed by atoms with Crippen LogP contribution in [0.2, 0.25) is 0 Å². The van der Waals surface area contributed by atoms with Gasteiger partial charge in [0.1, 0.15) is 5.82 Å². The first-order valence-electron chi connectivity index (χ1n) is 5.47. The molecule has 0 saturated heterocycles. The molecule has 1 aliphatic rings. The standard InChI is InChI=1S/C12H13N3S/c1-13-11-7-9(8-4-5-8)14-12(15-11)10-3-2-6-16-10/h2-3,6-8H,4-5H2,1H3,(H,13,14,15). The van der Waals surface area contributed by atoms with Gasteiger partial charge in [-0.3, -0.25) is 0 Å². The first kappa shape index (κ1) is 9.78. The van der Waals surface area contributed by atoms with Crippen LogP contribution in [0.4, 0.5) is 5.82 Å². The van der Waals surface area contributed by atoms with Crippen molar-refractivity contribution in [1.29, 1.82) is 0 Å². The summed E-state index contributed by atoms with van der Waals surface area (Å²) in [6.45, 7) is 0. The maximum Gasteiger partial charge on any atom is 0.171 e. The summed E-state index contributed by atoms with van der Waals surface area (Å²) in [5.41, 5.74) is 1.18. The zero-order chi connectivity index (χ0) is 11.0. The fourth-order valence-electron chi connectivity index (χ4n) is 1.70. The summed E-state index contributed by atoms with van der Waals surface area (Å²) in [5, 5.41) is 5.16. The molecular formula is C12H13N3S. The number of hydrogen-bond donors (Lipinski definition) is 1. The van der Waals surface area contributed by atoms with Gasteiger partial charge in [0.15, 0.2) is 5.82 Å². The Labute approximate surface area is 98.6 Å². The fourth-order valence-corrected chi connectivity index (χ4v) is 2.36. The Morgan fingerprint density at radius 2 is 2.25 bits per heavy atom. The van der Waals surface area contributed by atoms with E-state index >= 15 is 0 Å². The minimum atomic E-state index is 0.661. The highest BCUT2D eigenvalue weighted by Gasteiger charge is 2.26. The molecule has 2 aromatic rings. The molecular weight excluding hydrogens is 218 g/mol. The van der Waals surface area contributed by atoms with Crippen molar-refractivity contribution in [2.75, 3.05) is 12.4 Å². The van der Waals surface area contributed by atoms with Gasteiger partial charge in [0, 0.05) is 24.7 Å². The second-order valence-electron chi connectivity index (χ2n) is 4.00. The van der Waals surface area contributed by atoms with Crippen LogP contribution in [-0.4, -0.2) is 17.0 Å². The predicted molar refractivity (Wildman–Crippen MR) is 66.9 cm³/mol. The normalized spacial score (nSPS) is 15.1. The molecule has 0 aliphatic heterocycles. The van der Waals surface area contributed by atoms with Crippen LogP contribution in [0, 0.1) is 0 Å². The van der Waals surface area contributed by atoms with Crippen LogP contribution >= 0.6 is 11.3 Å². The molecule has 82 valence electrons. The van der Waals surface area contributed by atoms with Gasteiger partial charge in [0.25, 0.3) is 0 Å². The van der Waals surface area contributed by atoms with Gasteiger partial charge >= 0.3 is 0 Å². The lowest BCUT2D eigenvalue weighted by Crippen LogP contribution is -1.99. The molecule has 1 N–H and O–H groups in total. The van der Waals surface area contributed by atoms with Crippen LogP contribution in [0.5, 0.6) is 0 Å². The Hall–Kier alpha value is -1.42. The van der Waals surface area contributed by atoms with Crippen molar-refractivity contribution in [3.8, 4) is 10.7 Å². The summed E-state index contributed by atoms with van der Waals surface area (Å²) >= 11 is 1.68. The largest absolute Gasteiger partial charge is 0.373 e. The lowest BCUT2D eigenvalue weighted by molar-refractivity contribution is 0.997. The van der Waals surface area contributed by atoms with Gasteiger partial charge in [0.05, 0.1) is 4.88 Å². The first-order chi connectivity index (χ1) is 7.86. The zero-order valence-electron chi connectivity index (χ0n) is 9.10. The third kappa shape index (κ3) is 1.80. The van der Waals surface area contributed by atoms with Gasteiger partial charge in [-0.15, -0.1) is 11.3 Å². The Bertz CT molecular complexity index is 489. The van der Waals surface area contributed by atoms with Crippen LogP contribution in [-0.2, 0) is 0 Å². The second-order valence-corrected chi connectivity index (χ2v) is 4.95. The number of aromatic nitrogens is 2. The third-order valence-electron chi connectivity index (χ3n) is 2.74. The quantitative estimate of drug-likeness (QED) is 0.882. The molecule has 3 nitrogen and oxygen atoms in total. The van der Waals surface area contributed by atoms with E-state index in [2.05, 4.69) is 32.8 Å². The average Bonchev–Trinajstić information content (AvgIpc) is 3.04. The van der Waals surface area contributed by atoms with E-state index in [4.69, 9.17) is 0 Å². The highest BCUT2D eigenvalue weighted by atomic mass is 32.1. The lowest BCUT2D eigenvalue weighted by atomic mass is 10.2. The summed E-state index contributed by atoms with van der Waals surface area (Å²) in [6, 6.07) is 6.16. The Kier molecular flexibility index (Phi) is 2.36. The van der Waals surface area contributed by atoms with Crippen LogP contribution in [0.25, 0.3) is 10.7 Å². The molecule has 16 heavy (non-hydrogen) atoms. The van der Waals surface area contributed by atoms with E-state index in [0.717, 1.165) is 16.5 Å². The summed E-state index contributed by atoms with van der Waals surface area (Å²) in [6.07, 6.45) is 2.54. The maximum atomic E-state index is 4.65. The van der Waals surface area contributed by atoms with E-state index in [0.29, 0.717) is 5.92 Å². The number of rotatable bonds is 3. The molecule has 0 atom stereocenters. The van der Waals surface area contributed by atoms with Crippen molar-refractivity contribution >= 4 is 17.2 Å². The summed E-state index contributed by atoms with van der Waals surface area (Å²) in [4.78, 5) is 10.3. The summed E-state index contributed by atoms with van der Waals surface area (Å²) in [5.74, 6) is 2.43. The zero-order valence-corrected chi connectivity index (χ0v) is 9.92. The number of nitrogens with one attached hydrogen (secondary N) is 1. The maximum absolute atomic E-state index is 4.65. The third-order valence-corrected chi connectivity index (χ3v) is 3.61. The number of nitrogens with zero attached hydrogens (tertiary/aromatic N) is 2. The molecule has 2 heterocycles. The summed E-state index contributed by atoms with van der Waals surface area (Å²) < 4.78 is 0. The topological polar surface area (TPSA) is 37.8 Å². The Balaban J connectivity index is 2.06. The molecule has 2 aromatic heterocycles. The minimum absolute atomic E-state index is 0.661. The van der Waals surface area contributed by atoms with Crippen molar-refractivity contribution in [3.05, 3.63) is 29.3 Å².